The van der Waals surface area contributed by atoms with Crippen molar-refractivity contribution in [3.05, 3.63) is 40.9 Å². The van der Waals surface area contributed by atoms with Gasteiger partial charge in [0.05, 0.1) is 18.8 Å². The topological polar surface area (TPSA) is 81.6 Å². The van der Waals surface area contributed by atoms with E-state index >= 15 is 0 Å². The van der Waals surface area contributed by atoms with Crippen molar-refractivity contribution < 1.29 is 15.0 Å². The lowest BCUT2D eigenvalue weighted by molar-refractivity contribution is 0.126. The molecule has 182 valence electrons. The van der Waals surface area contributed by atoms with Crippen molar-refractivity contribution >= 4 is 23.7 Å². The van der Waals surface area contributed by atoms with Gasteiger partial charge in [-0.25, -0.2) is 4.79 Å². The Labute approximate surface area is 199 Å². The van der Waals surface area contributed by atoms with Crippen molar-refractivity contribution in [3.8, 4) is 0 Å². The van der Waals surface area contributed by atoms with Crippen LogP contribution in [0.4, 0.5) is 4.79 Å². The molecule has 32 heavy (non-hydrogen) atoms. The number of aliphatic hydroxyl groups is 2. The van der Waals surface area contributed by atoms with Gasteiger partial charge in [-0.1, -0.05) is 113 Å². The number of hydrogen-bond donors (Lipinski definition) is 4. The first-order valence-electron chi connectivity index (χ1n) is 12.3. The predicted octanol–water partition coefficient (Wildman–Crippen LogP) is 6.08. The summed E-state index contributed by atoms with van der Waals surface area (Å²) in [6.07, 6.45) is 17.6. The Morgan fingerprint density at radius 1 is 0.938 bits per heavy atom. The van der Waals surface area contributed by atoms with Crippen molar-refractivity contribution in [2.24, 2.45) is 0 Å². The molecule has 0 aliphatic carbocycles. The van der Waals surface area contributed by atoms with Crippen LogP contribution in [-0.4, -0.2) is 41.5 Å². The van der Waals surface area contributed by atoms with Gasteiger partial charge in [0.25, 0.3) is 0 Å². The second-order valence-corrected chi connectivity index (χ2v) is 8.92. The zero-order chi connectivity index (χ0) is 23.4. The molecule has 0 spiro atoms. The Kier molecular flexibility index (Phi) is 16.9. The fraction of sp³-hybridized carbons (Fsp3) is 0.654. The van der Waals surface area contributed by atoms with E-state index in [4.69, 9.17) is 11.6 Å². The first-order chi connectivity index (χ1) is 15.6. The molecule has 1 aromatic carbocycles. The van der Waals surface area contributed by atoms with Crippen LogP contribution in [0.15, 0.2) is 30.3 Å². The van der Waals surface area contributed by atoms with Crippen molar-refractivity contribution in [1.29, 1.82) is 0 Å². The fourth-order valence-electron chi connectivity index (χ4n) is 3.54. The van der Waals surface area contributed by atoms with E-state index in [1.807, 2.05) is 12.1 Å². The largest absolute Gasteiger partial charge is 0.394 e. The number of carbonyl (C=O) groups is 1. The van der Waals surface area contributed by atoms with Crippen LogP contribution in [0.25, 0.3) is 6.08 Å². The maximum Gasteiger partial charge on any atom is 0.315 e. The molecule has 6 heteroatoms. The Morgan fingerprint density at radius 3 is 2.00 bits per heavy atom. The molecule has 2 atom stereocenters. The van der Waals surface area contributed by atoms with Gasteiger partial charge >= 0.3 is 6.03 Å². The Balaban J connectivity index is 2.07. The first-order valence-corrected chi connectivity index (χ1v) is 12.7. The molecule has 0 saturated heterocycles. The molecule has 2 amide bonds. The molecule has 4 N–H and O–H groups in total. The maximum atomic E-state index is 12.0. The van der Waals surface area contributed by atoms with Gasteiger partial charge in [0.15, 0.2) is 0 Å². The van der Waals surface area contributed by atoms with E-state index in [0.29, 0.717) is 11.6 Å². The quantitative estimate of drug-likeness (QED) is 0.198. The lowest BCUT2D eigenvalue weighted by Crippen LogP contribution is -2.49. The average Bonchev–Trinajstić information content (AvgIpc) is 2.80. The third-order valence-electron chi connectivity index (χ3n) is 5.60. The van der Waals surface area contributed by atoms with E-state index < -0.39 is 12.1 Å². The summed E-state index contributed by atoms with van der Waals surface area (Å²) in [7, 11) is 0. The summed E-state index contributed by atoms with van der Waals surface area (Å²) in [5.74, 6) is 0. The normalized spacial score (nSPS) is 13.2. The molecule has 0 fully saturated rings. The molecular weight excluding hydrogens is 424 g/mol. The number of unbranched alkanes of at least 4 members (excludes halogenated alkanes) is 11. The summed E-state index contributed by atoms with van der Waals surface area (Å²) in [6.45, 7) is 2.50. The number of urea groups is 1. The highest BCUT2D eigenvalue weighted by atomic mass is 35.5. The van der Waals surface area contributed by atoms with Crippen LogP contribution in [0.1, 0.15) is 89.5 Å². The Hall–Kier alpha value is -1.56. The van der Waals surface area contributed by atoms with Crippen LogP contribution in [0.5, 0.6) is 0 Å². The molecule has 0 bridgehead atoms. The van der Waals surface area contributed by atoms with Gasteiger partial charge in [0, 0.05) is 11.6 Å². The van der Waals surface area contributed by atoms with Crippen LogP contribution in [0.3, 0.4) is 0 Å². The fourth-order valence-corrected chi connectivity index (χ4v) is 3.67. The van der Waals surface area contributed by atoms with Gasteiger partial charge in [-0.3, -0.25) is 0 Å². The number of halogens is 1. The third-order valence-corrected chi connectivity index (χ3v) is 5.85. The van der Waals surface area contributed by atoms with Crippen LogP contribution in [-0.2, 0) is 0 Å². The zero-order valence-electron chi connectivity index (χ0n) is 19.7. The summed E-state index contributed by atoms with van der Waals surface area (Å²) in [5.41, 5.74) is 0.876. The number of benzene rings is 1. The zero-order valence-corrected chi connectivity index (χ0v) is 20.5. The lowest BCUT2D eigenvalue weighted by Gasteiger charge is -2.20. The minimum atomic E-state index is -0.993. The predicted molar refractivity (Wildman–Crippen MR) is 135 cm³/mol. The number of amides is 2. The van der Waals surface area contributed by atoms with Gasteiger partial charge in [0.2, 0.25) is 0 Å². The molecule has 5 nitrogen and oxygen atoms in total. The standard InChI is InChI=1S/C26H43ClN2O3/c1-2-3-4-5-6-7-8-9-10-11-12-13-20-28-26(32)29-24(21-30)25(31)19-16-22-14-17-23(27)18-15-22/h14-19,24-25,30-31H,2-13,20-21H2,1H3,(H2,28,29,32). The summed E-state index contributed by atoms with van der Waals surface area (Å²) in [4.78, 5) is 12.0. The highest BCUT2D eigenvalue weighted by Gasteiger charge is 2.18. The minimum absolute atomic E-state index is 0.349. The second-order valence-electron chi connectivity index (χ2n) is 8.48. The summed E-state index contributed by atoms with van der Waals surface area (Å²) in [6, 6.07) is 6.05. The molecule has 0 aliphatic heterocycles. The van der Waals surface area contributed by atoms with Crippen LogP contribution < -0.4 is 10.6 Å². The Morgan fingerprint density at radius 2 is 1.47 bits per heavy atom. The van der Waals surface area contributed by atoms with Gasteiger partial charge in [0.1, 0.15) is 0 Å². The number of aliphatic hydroxyl groups excluding tert-OH is 2. The van der Waals surface area contributed by atoms with Crippen molar-refractivity contribution in [3.63, 3.8) is 0 Å². The van der Waals surface area contributed by atoms with Gasteiger partial charge in [-0.05, 0) is 24.1 Å². The molecule has 0 heterocycles. The summed E-state index contributed by atoms with van der Waals surface area (Å²) >= 11 is 5.86. The smallest absolute Gasteiger partial charge is 0.315 e. The number of hydrogen-bond acceptors (Lipinski definition) is 3. The third kappa shape index (κ3) is 14.5. The lowest BCUT2D eigenvalue weighted by atomic mass is 10.1. The number of carbonyl (C=O) groups excluding carboxylic acids is 1. The molecule has 2 unspecified atom stereocenters. The van der Waals surface area contributed by atoms with Crippen molar-refractivity contribution in [2.45, 2.75) is 96.1 Å². The van der Waals surface area contributed by atoms with E-state index in [1.54, 1.807) is 24.3 Å². The number of rotatable bonds is 18. The molecule has 1 aromatic rings. The molecule has 0 aromatic heterocycles. The average molecular weight is 467 g/mol. The van der Waals surface area contributed by atoms with Crippen molar-refractivity contribution in [1.82, 2.24) is 10.6 Å². The second kappa shape index (κ2) is 19.0. The van der Waals surface area contributed by atoms with Crippen molar-refractivity contribution in [2.75, 3.05) is 13.2 Å². The van der Waals surface area contributed by atoms with E-state index in [9.17, 15) is 15.0 Å². The summed E-state index contributed by atoms with van der Waals surface area (Å²) in [5, 5.41) is 25.8. The van der Waals surface area contributed by atoms with Gasteiger partial charge in [-0.2, -0.15) is 0 Å². The van der Waals surface area contributed by atoms with Crippen LogP contribution >= 0.6 is 11.6 Å². The monoisotopic (exact) mass is 466 g/mol. The number of nitrogens with one attached hydrogen (secondary N) is 2. The maximum absolute atomic E-state index is 12.0. The molecular formula is C26H43ClN2O3. The SMILES string of the molecule is CCCCCCCCCCCCCCNC(=O)NC(CO)C(O)C=Cc1ccc(Cl)cc1. The molecule has 1 rings (SSSR count). The first kappa shape index (κ1) is 28.5. The van der Waals surface area contributed by atoms with Crippen LogP contribution in [0.2, 0.25) is 5.02 Å². The highest BCUT2D eigenvalue weighted by Crippen LogP contribution is 2.12. The molecule has 0 saturated carbocycles. The molecule has 0 aliphatic rings. The Bertz CT molecular complexity index is 622. The van der Waals surface area contributed by atoms with Crippen LogP contribution in [0, 0.1) is 0 Å². The van der Waals surface area contributed by atoms with E-state index in [1.165, 1.54) is 64.2 Å². The minimum Gasteiger partial charge on any atom is -0.394 e. The van der Waals surface area contributed by atoms with Gasteiger partial charge in [-0.15, -0.1) is 0 Å². The summed E-state index contributed by atoms with van der Waals surface area (Å²) < 4.78 is 0. The highest BCUT2D eigenvalue weighted by molar-refractivity contribution is 6.30. The van der Waals surface area contributed by atoms with E-state index in [2.05, 4.69) is 17.6 Å². The van der Waals surface area contributed by atoms with E-state index in [0.717, 1.165) is 18.4 Å². The van der Waals surface area contributed by atoms with Gasteiger partial charge < -0.3 is 20.8 Å². The van der Waals surface area contributed by atoms with E-state index in [-0.39, 0.29) is 12.6 Å². The molecule has 0 radical (unpaired) electrons.